The molecule has 1 saturated heterocycles. The molecule has 4 N–H and O–H groups in total. The maximum atomic E-state index is 12.4. The van der Waals surface area contributed by atoms with Gasteiger partial charge in [0.1, 0.15) is 5.75 Å². The lowest BCUT2D eigenvalue weighted by atomic mass is 10.0. The van der Waals surface area contributed by atoms with Crippen molar-refractivity contribution in [3.05, 3.63) is 47.9 Å². The summed E-state index contributed by atoms with van der Waals surface area (Å²) in [6.07, 6.45) is 3.01. The molecule has 1 atom stereocenters. The summed E-state index contributed by atoms with van der Waals surface area (Å²) in [6.45, 7) is 1.03. The van der Waals surface area contributed by atoms with Crippen molar-refractivity contribution in [2.75, 3.05) is 18.8 Å². The van der Waals surface area contributed by atoms with E-state index in [4.69, 9.17) is 10.2 Å². The maximum Gasteiger partial charge on any atom is 0.289 e. The van der Waals surface area contributed by atoms with Crippen LogP contribution in [0, 0.1) is 0 Å². The molecule has 2 heterocycles. The van der Waals surface area contributed by atoms with E-state index in [2.05, 4.69) is 5.32 Å². The van der Waals surface area contributed by atoms with Crippen molar-refractivity contribution >= 4 is 17.5 Å². The number of phenols is 1. The Morgan fingerprint density at radius 2 is 2.17 bits per heavy atom. The Hall–Kier alpha value is -2.96. The van der Waals surface area contributed by atoms with Gasteiger partial charge < -0.3 is 25.5 Å². The van der Waals surface area contributed by atoms with Gasteiger partial charge in [-0.1, -0.05) is 0 Å². The second-order valence-electron chi connectivity index (χ2n) is 5.81. The number of carbonyl (C=O) groups is 2. The number of furan rings is 1. The Morgan fingerprint density at radius 1 is 1.33 bits per heavy atom. The minimum Gasteiger partial charge on any atom is -0.508 e. The van der Waals surface area contributed by atoms with Gasteiger partial charge in [0.15, 0.2) is 5.76 Å². The predicted molar refractivity (Wildman–Crippen MR) is 87.6 cm³/mol. The number of amides is 2. The minimum atomic E-state index is -0.360. The Labute approximate surface area is 139 Å². The average molecular weight is 329 g/mol. The third-order valence-corrected chi connectivity index (χ3v) is 4.06. The van der Waals surface area contributed by atoms with Crippen LogP contribution in [0.15, 0.2) is 41.0 Å². The van der Waals surface area contributed by atoms with Crippen LogP contribution in [0.3, 0.4) is 0 Å². The SMILES string of the molecule is Nc1ccc(O)cc1C(=O)N[C@H]1CCCN(C(=O)c2ccco2)C1. The van der Waals surface area contributed by atoms with Crippen LogP contribution in [0.25, 0.3) is 0 Å². The summed E-state index contributed by atoms with van der Waals surface area (Å²) in [4.78, 5) is 26.4. The van der Waals surface area contributed by atoms with Gasteiger partial charge in [0.05, 0.1) is 11.8 Å². The van der Waals surface area contributed by atoms with E-state index in [0.717, 1.165) is 12.8 Å². The number of nitrogens with zero attached hydrogens (tertiary/aromatic N) is 1. The van der Waals surface area contributed by atoms with Crippen molar-refractivity contribution in [2.45, 2.75) is 18.9 Å². The molecular weight excluding hydrogens is 310 g/mol. The average Bonchev–Trinajstić information content (AvgIpc) is 3.11. The molecule has 7 heteroatoms. The van der Waals surface area contributed by atoms with Crippen LogP contribution < -0.4 is 11.1 Å². The monoisotopic (exact) mass is 329 g/mol. The van der Waals surface area contributed by atoms with Crippen molar-refractivity contribution in [2.24, 2.45) is 0 Å². The quantitative estimate of drug-likeness (QED) is 0.585. The highest BCUT2D eigenvalue weighted by Crippen LogP contribution is 2.20. The number of piperidine rings is 1. The summed E-state index contributed by atoms with van der Waals surface area (Å²) in [5, 5.41) is 12.4. The maximum absolute atomic E-state index is 12.4. The highest BCUT2D eigenvalue weighted by atomic mass is 16.3. The zero-order valence-corrected chi connectivity index (χ0v) is 13.1. The second-order valence-corrected chi connectivity index (χ2v) is 5.81. The number of anilines is 1. The molecule has 0 bridgehead atoms. The lowest BCUT2D eigenvalue weighted by Gasteiger charge is -2.32. The number of nitrogen functional groups attached to an aromatic ring is 1. The number of aromatic hydroxyl groups is 1. The Kier molecular flexibility index (Phi) is 4.41. The van der Waals surface area contributed by atoms with Gasteiger partial charge >= 0.3 is 0 Å². The molecule has 126 valence electrons. The lowest BCUT2D eigenvalue weighted by molar-refractivity contribution is 0.0647. The van der Waals surface area contributed by atoms with E-state index in [1.807, 2.05) is 0 Å². The van der Waals surface area contributed by atoms with Crippen molar-refractivity contribution in [3.63, 3.8) is 0 Å². The van der Waals surface area contributed by atoms with Crippen LogP contribution in [0.5, 0.6) is 5.75 Å². The van der Waals surface area contributed by atoms with Crippen LogP contribution >= 0.6 is 0 Å². The molecule has 0 aliphatic carbocycles. The van der Waals surface area contributed by atoms with Crippen LogP contribution in [0.2, 0.25) is 0 Å². The third-order valence-electron chi connectivity index (χ3n) is 4.06. The first-order valence-electron chi connectivity index (χ1n) is 7.76. The van der Waals surface area contributed by atoms with Gasteiger partial charge in [0.2, 0.25) is 0 Å². The molecule has 2 aromatic rings. The van der Waals surface area contributed by atoms with E-state index in [9.17, 15) is 14.7 Å². The molecule has 1 aromatic carbocycles. The number of nitrogens with one attached hydrogen (secondary N) is 1. The molecule has 0 radical (unpaired) electrons. The van der Waals surface area contributed by atoms with Crippen molar-refractivity contribution < 1.29 is 19.1 Å². The molecule has 2 amide bonds. The lowest BCUT2D eigenvalue weighted by Crippen LogP contribution is -2.49. The van der Waals surface area contributed by atoms with Crippen molar-refractivity contribution in [1.82, 2.24) is 10.2 Å². The van der Waals surface area contributed by atoms with Gasteiger partial charge in [-0.15, -0.1) is 0 Å². The number of carbonyl (C=O) groups excluding carboxylic acids is 2. The van der Waals surface area contributed by atoms with Crippen LogP contribution in [-0.4, -0.2) is 41.0 Å². The van der Waals surface area contributed by atoms with Gasteiger partial charge in [-0.2, -0.15) is 0 Å². The van der Waals surface area contributed by atoms with Crippen LogP contribution in [0.4, 0.5) is 5.69 Å². The standard InChI is InChI=1S/C17H19N3O4/c18-14-6-5-12(21)9-13(14)16(22)19-11-3-1-7-20(10-11)17(23)15-4-2-8-24-15/h2,4-6,8-9,11,21H,1,3,7,10,18H2,(H,19,22)/t11-/m0/s1. The number of nitrogens with two attached hydrogens (primary N) is 1. The fraction of sp³-hybridized carbons (Fsp3) is 0.294. The van der Waals surface area contributed by atoms with Gasteiger partial charge in [-0.25, -0.2) is 0 Å². The number of benzene rings is 1. The summed E-state index contributed by atoms with van der Waals surface area (Å²) in [7, 11) is 0. The van der Waals surface area contributed by atoms with E-state index in [1.54, 1.807) is 17.0 Å². The number of phenolic OH excluding ortho intramolecular Hbond substituents is 1. The van der Waals surface area contributed by atoms with Gasteiger partial charge in [0, 0.05) is 24.8 Å². The Balaban J connectivity index is 1.66. The molecule has 0 unspecified atom stereocenters. The fourth-order valence-electron chi connectivity index (χ4n) is 2.84. The molecule has 1 aliphatic rings. The molecule has 24 heavy (non-hydrogen) atoms. The molecule has 0 saturated carbocycles. The number of rotatable bonds is 3. The zero-order chi connectivity index (χ0) is 17.1. The minimum absolute atomic E-state index is 0.0207. The summed E-state index contributed by atoms with van der Waals surface area (Å²) in [6, 6.07) is 7.36. The first-order valence-corrected chi connectivity index (χ1v) is 7.76. The van der Waals surface area contributed by atoms with E-state index >= 15 is 0 Å². The predicted octanol–water partition coefficient (Wildman–Crippen LogP) is 1.60. The van der Waals surface area contributed by atoms with Gasteiger partial charge in [0.25, 0.3) is 11.8 Å². The third kappa shape index (κ3) is 3.34. The Morgan fingerprint density at radius 3 is 2.92 bits per heavy atom. The molecule has 1 aliphatic heterocycles. The summed E-state index contributed by atoms with van der Waals surface area (Å²) >= 11 is 0. The topological polar surface area (TPSA) is 109 Å². The highest BCUT2D eigenvalue weighted by molar-refractivity contribution is 5.99. The molecule has 7 nitrogen and oxygen atoms in total. The second kappa shape index (κ2) is 6.66. The van der Waals surface area contributed by atoms with Crippen LogP contribution in [-0.2, 0) is 0 Å². The molecule has 1 aromatic heterocycles. The molecular formula is C17H19N3O4. The normalized spacial score (nSPS) is 17.5. The van der Waals surface area contributed by atoms with Gasteiger partial charge in [-0.05, 0) is 43.2 Å². The van der Waals surface area contributed by atoms with Crippen LogP contribution in [0.1, 0.15) is 33.8 Å². The molecule has 3 rings (SSSR count). The smallest absolute Gasteiger partial charge is 0.289 e. The first-order chi connectivity index (χ1) is 11.5. The summed E-state index contributed by atoms with van der Waals surface area (Å²) < 4.78 is 5.14. The largest absolute Gasteiger partial charge is 0.508 e. The number of hydrogen-bond acceptors (Lipinski definition) is 5. The van der Waals surface area contributed by atoms with E-state index in [1.165, 1.54) is 24.5 Å². The van der Waals surface area contributed by atoms with Gasteiger partial charge in [-0.3, -0.25) is 9.59 Å². The fourth-order valence-corrected chi connectivity index (χ4v) is 2.84. The Bertz CT molecular complexity index is 742. The summed E-state index contributed by atoms with van der Waals surface area (Å²) in [5.41, 5.74) is 6.31. The highest BCUT2D eigenvalue weighted by Gasteiger charge is 2.27. The number of likely N-dealkylation sites (tertiary alicyclic amines) is 1. The zero-order valence-electron chi connectivity index (χ0n) is 13.1. The van der Waals surface area contributed by atoms with Crippen molar-refractivity contribution in [3.8, 4) is 5.75 Å². The van der Waals surface area contributed by atoms with Crippen molar-refractivity contribution in [1.29, 1.82) is 0 Å². The van der Waals surface area contributed by atoms with E-state index in [0.29, 0.717) is 24.5 Å². The van der Waals surface area contributed by atoms with E-state index in [-0.39, 0.29) is 29.2 Å². The summed E-state index contributed by atoms with van der Waals surface area (Å²) in [5.74, 6) is -0.275. The number of hydrogen-bond donors (Lipinski definition) is 3. The molecule has 1 fully saturated rings. The molecule has 0 spiro atoms. The van der Waals surface area contributed by atoms with E-state index < -0.39 is 0 Å². The first kappa shape index (κ1) is 15.9.